The van der Waals surface area contributed by atoms with Gasteiger partial charge in [0.15, 0.2) is 0 Å². The van der Waals surface area contributed by atoms with E-state index in [0.717, 1.165) is 5.56 Å². The van der Waals surface area contributed by atoms with Gasteiger partial charge in [-0.25, -0.2) is 0 Å². The monoisotopic (exact) mass is 256 g/mol. The lowest BCUT2D eigenvalue weighted by Gasteiger charge is -2.04. The van der Waals surface area contributed by atoms with Crippen LogP contribution < -0.4 is 0 Å². The number of benzene rings is 1. The van der Waals surface area contributed by atoms with Crippen molar-refractivity contribution in [3.05, 3.63) is 35.4 Å². The largest absolute Gasteiger partial charge is 0.481 e. The van der Waals surface area contributed by atoms with Gasteiger partial charge in [-0.15, -0.1) is 0 Å². The van der Waals surface area contributed by atoms with Gasteiger partial charge >= 0.3 is 5.97 Å². The van der Waals surface area contributed by atoms with E-state index in [1.807, 2.05) is 24.3 Å². The predicted molar refractivity (Wildman–Crippen MR) is 59.7 cm³/mol. The number of hydrogen-bond acceptors (Lipinski definition) is 1. The van der Waals surface area contributed by atoms with E-state index in [1.165, 1.54) is 5.56 Å². The van der Waals surface area contributed by atoms with Crippen LogP contribution >= 0.6 is 15.9 Å². The Hall–Kier alpha value is -0.830. The summed E-state index contributed by atoms with van der Waals surface area (Å²) in [4.78, 5) is 10.7. The zero-order valence-electron chi connectivity index (χ0n) is 8.03. The highest BCUT2D eigenvalue weighted by molar-refractivity contribution is 9.09. The second-order valence-corrected chi connectivity index (χ2v) is 4.62. The van der Waals surface area contributed by atoms with Gasteiger partial charge in [-0.2, -0.15) is 0 Å². The number of aryl methyl sites for hydroxylation is 1. The predicted octanol–water partition coefficient (Wildman–Crippen LogP) is 3.16. The molecule has 0 aliphatic heterocycles. The molecule has 0 fully saturated rings. The van der Waals surface area contributed by atoms with Crippen molar-refractivity contribution in [3.8, 4) is 0 Å². The van der Waals surface area contributed by atoms with Gasteiger partial charge < -0.3 is 5.11 Å². The third kappa shape index (κ3) is 3.50. The van der Waals surface area contributed by atoms with E-state index in [9.17, 15) is 4.79 Å². The maximum atomic E-state index is 10.3. The number of aliphatic carboxylic acids is 1. The molecule has 1 atom stereocenters. The topological polar surface area (TPSA) is 37.3 Å². The van der Waals surface area contributed by atoms with Crippen molar-refractivity contribution < 1.29 is 9.90 Å². The Labute approximate surface area is 92.1 Å². The molecule has 0 aliphatic carbocycles. The quantitative estimate of drug-likeness (QED) is 0.841. The molecule has 3 heteroatoms. The second kappa shape index (κ2) is 5.15. The molecule has 76 valence electrons. The fourth-order valence-corrected chi connectivity index (χ4v) is 1.51. The zero-order valence-corrected chi connectivity index (χ0v) is 9.62. The normalized spacial score (nSPS) is 12.4. The van der Waals surface area contributed by atoms with Crippen molar-refractivity contribution in [3.63, 3.8) is 0 Å². The van der Waals surface area contributed by atoms with Crippen molar-refractivity contribution in [2.75, 3.05) is 0 Å². The highest BCUT2D eigenvalue weighted by Crippen LogP contribution is 2.21. The van der Waals surface area contributed by atoms with Crippen molar-refractivity contribution in [1.82, 2.24) is 0 Å². The highest BCUT2D eigenvalue weighted by Gasteiger charge is 2.01. The molecule has 1 N–H and O–H groups in total. The Kier molecular flexibility index (Phi) is 4.14. The number of rotatable bonds is 4. The van der Waals surface area contributed by atoms with Crippen LogP contribution in [0, 0.1) is 0 Å². The Morgan fingerprint density at radius 3 is 2.43 bits per heavy atom. The van der Waals surface area contributed by atoms with Crippen LogP contribution in [0.2, 0.25) is 0 Å². The molecule has 0 heterocycles. The molecule has 0 radical (unpaired) electrons. The summed E-state index contributed by atoms with van der Waals surface area (Å²) in [7, 11) is 0. The van der Waals surface area contributed by atoms with Crippen LogP contribution in [-0.4, -0.2) is 11.1 Å². The molecule has 0 aromatic heterocycles. The van der Waals surface area contributed by atoms with E-state index in [2.05, 4.69) is 22.9 Å². The van der Waals surface area contributed by atoms with Crippen molar-refractivity contribution in [1.29, 1.82) is 0 Å². The lowest BCUT2D eigenvalue weighted by atomic mass is 10.1. The molecule has 0 amide bonds. The van der Waals surface area contributed by atoms with E-state index in [0.29, 0.717) is 11.2 Å². The van der Waals surface area contributed by atoms with Crippen LogP contribution in [0.1, 0.15) is 29.3 Å². The molecule has 2 nitrogen and oxygen atoms in total. The van der Waals surface area contributed by atoms with Crippen LogP contribution in [0.3, 0.4) is 0 Å². The average Bonchev–Trinajstić information content (AvgIpc) is 2.15. The molecule has 1 rings (SSSR count). The van der Waals surface area contributed by atoms with Crippen molar-refractivity contribution in [2.45, 2.75) is 24.6 Å². The molecule has 0 bridgehead atoms. The summed E-state index contributed by atoms with van der Waals surface area (Å²) >= 11 is 3.48. The maximum absolute atomic E-state index is 10.3. The number of carboxylic acids is 1. The number of carboxylic acid groups (broad SMARTS) is 1. The maximum Gasteiger partial charge on any atom is 0.303 e. The molecule has 14 heavy (non-hydrogen) atoms. The van der Waals surface area contributed by atoms with Crippen molar-refractivity contribution >= 4 is 21.9 Å². The molecule has 0 spiro atoms. The van der Waals surface area contributed by atoms with E-state index in [1.54, 1.807) is 0 Å². The fraction of sp³-hybridized carbons (Fsp3) is 0.364. The van der Waals surface area contributed by atoms with E-state index < -0.39 is 5.97 Å². The summed E-state index contributed by atoms with van der Waals surface area (Å²) in [6, 6.07) is 8.01. The first-order chi connectivity index (χ1) is 6.59. The lowest BCUT2D eigenvalue weighted by molar-refractivity contribution is -0.136. The van der Waals surface area contributed by atoms with Crippen molar-refractivity contribution in [2.24, 2.45) is 0 Å². The number of alkyl halides is 1. The summed E-state index contributed by atoms with van der Waals surface area (Å²) in [6.45, 7) is 2.06. The first-order valence-corrected chi connectivity index (χ1v) is 5.46. The summed E-state index contributed by atoms with van der Waals surface area (Å²) in [6.07, 6.45) is 0.801. The Balaban J connectivity index is 2.59. The summed E-state index contributed by atoms with van der Waals surface area (Å²) in [5.41, 5.74) is 2.29. The average molecular weight is 257 g/mol. The first kappa shape index (κ1) is 11.2. The first-order valence-electron chi connectivity index (χ1n) is 4.54. The van der Waals surface area contributed by atoms with E-state index >= 15 is 0 Å². The third-order valence-electron chi connectivity index (χ3n) is 2.07. The van der Waals surface area contributed by atoms with Gasteiger partial charge in [0.05, 0.1) is 0 Å². The Morgan fingerprint density at radius 1 is 1.43 bits per heavy atom. The molecular formula is C11H13BrO2. The van der Waals surface area contributed by atoms with Crippen LogP contribution in [0.25, 0.3) is 0 Å². The molecular weight excluding hydrogens is 244 g/mol. The third-order valence-corrected chi connectivity index (χ3v) is 2.60. The van der Waals surface area contributed by atoms with Gasteiger partial charge in [-0.05, 0) is 24.5 Å². The van der Waals surface area contributed by atoms with Gasteiger partial charge in [0.25, 0.3) is 0 Å². The van der Waals surface area contributed by atoms with Gasteiger partial charge in [-0.3, -0.25) is 4.79 Å². The summed E-state index contributed by atoms with van der Waals surface area (Å²) in [5, 5.41) is 8.51. The molecule has 1 aromatic rings. The van der Waals surface area contributed by atoms with Gasteiger partial charge in [-0.1, -0.05) is 40.2 Å². The smallest absolute Gasteiger partial charge is 0.303 e. The summed E-state index contributed by atoms with van der Waals surface area (Å²) < 4.78 is 0. The van der Waals surface area contributed by atoms with E-state index in [4.69, 9.17) is 5.11 Å². The standard InChI is InChI=1S/C11H13BrO2/c1-8(12)10-5-2-9(3-6-10)4-7-11(13)14/h2-3,5-6,8H,4,7H2,1H3,(H,13,14). The summed E-state index contributed by atoms with van der Waals surface area (Å²) in [5.74, 6) is -0.747. The fourth-order valence-electron chi connectivity index (χ4n) is 1.20. The Bertz CT molecular complexity index is 304. The van der Waals surface area contributed by atoms with Crippen LogP contribution in [0.4, 0.5) is 0 Å². The minimum atomic E-state index is -0.747. The minimum absolute atomic E-state index is 0.198. The second-order valence-electron chi connectivity index (χ2n) is 3.25. The SMILES string of the molecule is CC(Br)c1ccc(CCC(=O)O)cc1. The molecule has 0 aliphatic rings. The molecule has 0 saturated carbocycles. The van der Waals surface area contributed by atoms with Crippen LogP contribution in [0.5, 0.6) is 0 Å². The van der Waals surface area contributed by atoms with Crippen LogP contribution in [-0.2, 0) is 11.2 Å². The van der Waals surface area contributed by atoms with Gasteiger partial charge in [0, 0.05) is 11.2 Å². The minimum Gasteiger partial charge on any atom is -0.481 e. The van der Waals surface area contributed by atoms with E-state index in [-0.39, 0.29) is 6.42 Å². The van der Waals surface area contributed by atoms with Gasteiger partial charge in [0.1, 0.15) is 0 Å². The highest BCUT2D eigenvalue weighted by atomic mass is 79.9. The lowest BCUT2D eigenvalue weighted by Crippen LogP contribution is -1.97. The molecule has 1 unspecified atom stereocenters. The zero-order chi connectivity index (χ0) is 10.6. The van der Waals surface area contributed by atoms with Gasteiger partial charge in [0.2, 0.25) is 0 Å². The number of carbonyl (C=O) groups is 1. The number of hydrogen-bond donors (Lipinski definition) is 1. The van der Waals surface area contributed by atoms with Crippen LogP contribution in [0.15, 0.2) is 24.3 Å². The Morgan fingerprint density at radius 2 is 2.00 bits per heavy atom. The molecule has 0 saturated heterocycles. The molecule has 1 aromatic carbocycles. The number of halogens is 1.